The van der Waals surface area contributed by atoms with E-state index in [-0.39, 0.29) is 5.60 Å². The van der Waals surface area contributed by atoms with Crippen LogP contribution >= 0.6 is 11.8 Å². The molecule has 88 valence electrons. The molecule has 2 rings (SSSR count). The van der Waals surface area contributed by atoms with Gasteiger partial charge in [-0.25, -0.2) is 0 Å². The van der Waals surface area contributed by atoms with E-state index in [4.69, 9.17) is 10.5 Å². The summed E-state index contributed by atoms with van der Waals surface area (Å²) in [5.74, 6) is 3.89. The molecule has 0 aromatic rings. The number of ether oxygens (including phenoxy) is 1. The van der Waals surface area contributed by atoms with Crippen LogP contribution < -0.4 is 5.73 Å². The molecule has 2 aliphatic heterocycles. The van der Waals surface area contributed by atoms with Gasteiger partial charge in [0.2, 0.25) is 0 Å². The molecule has 2 nitrogen and oxygen atoms in total. The maximum Gasteiger partial charge on any atom is 0.0783 e. The average Bonchev–Trinajstić information content (AvgIpc) is 2.65. The lowest BCUT2D eigenvalue weighted by atomic mass is 9.76. The van der Waals surface area contributed by atoms with E-state index in [0.29, 0.717) is 12.0 Å². The second-order valence-electron chi connectivity index (χ2n) is 5.31. The van der Waals surface area contributed by atoms with Gasteiger partial charge >= 0.3 is 0 Å². The highest BCUT2D eigenvalue weighted by atomic mass is 32.2. The first-order valence-corrected chi connectivity index (χ1v) is 7.26. The Kier molecular flexibility index (Phi) is 3.63. The molecule has 0 radical (unpaired) electrons. The number of nitrogens with two attached hydrogens (primary N) is 1. The van der Waals surface area contributed by atoms with Gasteiger partial charge in [-0.15, -0.1) is 0 Å². The summed E-state index contributed by atoms with van der Waals surface area (Å²) >= 11 is 2.05. The van der Waals surface area contributed by atoms with Crippen molar-refractivity contribution < 1.29 is 4.74 Å². The van der Waals surface area contributed by atoms with Crippen LogP contribution in [0.15, 0.2) is 0 Å². The van der Waals surface area contributed by atoms with Gasteiger partial charge in [-0.05, 0) is 43.8 Å². The van der Waals surface area contributed by atoms with E-state index in [9.17, 15) is 0 Å². The molecule has 0 bridgehead atoms. The third kappa shape index (κ3) is 2.51. The molecule has 2 saturated heterocycles. The summed E-state index contributed by atoms with van der Waals surface area (Å²) in [5.41, 5.74) is 6.23. The van der Waals surface area contributed by atoms with E-state index in [0.717, 1.165) is 12.5 Å². The Hall–Kier alpha value is 0.270. The first-order chi connectivity index (χ1) is 7.13. The summed E-state index contributed by atoms with van der Waals surface area (Å²) in [6, 6.07) is 0.319. The molecule has 0 aromatic carbocycles. The predicted molar refractivity (Wildman–Crippen MR) is 66.2 cm³/mol. The molecule has 2 aliphatic rings. The quantitative estimate of drug-likeness (QED) is 0.789. The summed E-state index contributed by atoms with van der Waals surface area (Å²) in [6.45, 7) is 5.38. The zero-order chi connectivity index (χ0) is 10.9. The lowest BCUT2D eigenvalue weighted by Gasteiger charge is -2.41. The zero-order valence-electron chi connectivity index (χ0n) is 9.87. The van der Waals surface area contributed by atoms with E-state index in [1.54, 1.807) is 0 Å². The lowest BCUT2D eigenvalue weighted by molar-refractivity contribution is -0.0890. The van der Waals surface area contributed by atoms with Gasteiger partial charge in [0.1, 0.15) is 0 Å². The van der Waals surface area contributed by atoms with Crippen LogP contribution in [0.3, 0.4) is 0 Å². The number of rotatable bonds is 2. The van der Waals surface area contributed by atoms with E-state index >= 15 is 0 Å². The highest BCUT2D eigenvalue weighted by Crippen LogP contribution is 2.42. The van der Waals surface area contributed by atoms with Crippen molar-refractivity contribution in [3.05, 3.63) is 0 Å². The summed E-state index contributed by atoms with van der Waals surface area (Å²) in [4.78, 5) is 0. The van der Waals surface area contributed by atoms with Crippen LogP contribution in [0.2, 0.25) is 0 Å². The topological polar surface area (TPSA) is 35.2 Å². The third-order valence-corrected chi connectivity index (χ3v) is 5.39. The van der Waals surface area contributed by atoms with Gasteiger partial charge in [0.15, 0.2) is 0 Å². The van der Waals surface area contributed by atoms with Crippen molar-refractivity contribution in [1.29, 1.82) is 0 Å². The largest absolute Gasteiger partial charge is 0.374 e. The first-order valence-electron chi connectivity index (χ1n) is 6.10. The van der Waals surface area contributed by atoms with Crippen molar-refractivity contribution in [3.63, 3.8) is 0 Å². The number of hydrogen-bond acceptors (Lipinski definition) is 3. The Morgan fingerprint density at radius 3 is 2.87 bits per heavy atom. The summed E-state index contributed by atoms with van der Waals surface area (Å²) in [5, 5.41) is 0. The van der Waals surface area contributed by atoms with Gasteiger partial charge in [0.05, 0.1) is 5.60 Å². The highest BCUT2D eigenvalue weighted by Gasteiger charge is 2.41. The molecule has 4 unspecified atom stereocenters. The van der Waals surface area contributed by atoms with Gasteiger partial charge in [-0.3, -0.25) is 0 Å². The van der Waals surface area contributed by atoms with Crippen LogP contribution in [0, 0.1) is 11.8 Å². The van der Waals surface area contributed by atoms with Crippen molar-refractivity contribution in [2.75, 3.05) is 18.1 Å². The van der Waals surface area contributed by atoms with Gasteiger partial charge in [-0.1, -0.05) is 6.92 Å². The minimum absolute atomic E-state index is 0.219. The van der Waals surface area contributed by atoms with Crippen molar-refractivity contribution in [2.45, 2.75) is 44.8 Å². The van der Waals surface area contributed by atoms with Crippen LogP contribution in [0.5, 0.6) is 0 Å². The highest BCUT2D eigenvalue weighted by molar-refractivity contribution is 7.99. The van der Waals surface area contributed by atoms with Crippen LogP contribution in [-0.4, -0.2) is 29.8 Å². The Morgan fingerprint density at radius 1 is 1.47 bits per heavy atom. The first kappa shape index (κ1) is 11.7. The third-order valence-electron chi connectivity index (χ3n) is 4.17. The van der Waals surface area contributed by atoms with Crippen LogP contribution in [0.25, 0.3) is 0 Å². The molecule has 0 aliphatic carbocycles. The predicted octanol–water partition coefficient (Wildman–Crippen LogP) is 2.27. The van der Waals surface area contributed by atoms with Crippen molar-refractivity contribution >= 4 is 11.8 Å². The molecule has 2 heterocycles. The van der Waals surface area contributed by atoms with E-state index in [1.807, 2.05) is 11.8 Å². The maximum atomic E-state index is 6.02. The standard InChI is InChI=1S/C12H23NOS/c1-9(10(2)13)11-3-5-14-12(7-11)4-6-15-8-12/h9-11H,3-8,13H2,1-2H3. The Bertz CT molecular complexity index is 214. The zero-order valence-corrected chi connectivity index (χ0v) is 10.7. The van der Waals surface area contributed by atoms with Crippen LogP contribution in [0.1, 0.15) is 33.1 Å². The van der Waals surface area contributed by atoms with Gasteiger partial charge in [-0.2, -0.15) is 11.8 Å². The Balaban J connectivity index is 1.97. The molecular weight excluding hydrogens is 206 g/mol. The van der Waals surface area contributed by atoms with Crippen molar-refractivity contribution in [2.24, 2.45) is 17.6 Å². The smallest absolute Gasteiger partial charge is 0.0783 e. The molecule has 2 fully saturated rings. The summed E-state index contributed by atoms with van der Waals surface area (Å²) < 4.78 is 6.02. The van der Waals surface area contributed by atoms with Gasteiger partial charge < -0.3 is 10.5 Å². The molecule has 15 heavy (non-hydrogen) atoms. The second kappa shape index (κ2) is 4.64. The normalized spacial score (nSPS) is 40.6. The molecule has 2 N–H and O–H groups in total. The fourth-order valence-electron chi connectivity index (χ4n) is 2.81. The molecule has 0 aromatic heterocycles. The monoisotopic (exact) mass is 229 g/mol. The Labute approximate surface area is 97.3 Å². The molecule has 4 atom stereocenters. The molecule has 0 saturated carbocycles. The fraction of sp³-hybridized carbons (Fsp3) is 1.00. The van der Waals surface area contributed by atoms with Gasteiger partial charge in [0, 0.05) is 18.4 Å². The molecule has 0 amide bonds. The fourth-order valence-corrected chi connectivity index (χ4v) is 4.19. The SMILES string of the molecule is CC(N)C(C)C1CCOC2(CCSC2)C1. The van der Waals surface area contributed by atoms with Gasteiger partial charge in [0.25, 0.3) is 0 Å². The summed E-state index contributed by atoms with van der Waals surface area (Å²) in [6.07, 6.45) is 3.69. The molecule has 3 heteroatoms. The minimum Gasteiger partial charge on any atom is -0.374 e. The van der Waals surface area contributed by atoms with Crippen molar-refractivity contribution in [3.8, 4) is 0 Å². The molecular formula is C12H23NOS. The lowest BCUT2D eigenvalue weighted by Crippen LogP contribution is -2.44. The minimum atomic E-state index is 0.219. The summed E-state index contributed by atoms with van der Waals surface area (Å²) in [7, 11) is 0. The average molecular weight is 229 g/mol. The maximum absolute atomic E-state index is 6.02. The number of hydrogen-bond donors (Lipinski definition) is 1. The molecule has 1 spiro atoms. The number of thioether (sulfide) groups is 1. The van der Waals surface area contributed by atoms with Crippen LogP contribution in [0.4, 0.5) is 0 Å². The van der Waals surface area contributed by atoms with Crippen molar-refractivity contribution in [1.82, 2.24) is 0 Å². The van der Waals surface area contributed by atoms with Crippen LogP contribution in [-0.2, 0) is 4.74 Å². The Morgan fingerprint density at radius 2 is 2.27 bits per heavy atom. The second-order valence-corrected chi connectivity index (χ2v) is 6.41. The van der Waals surface area contributed by atoms with E-state index in [1.165, 1.54) is 30.8 Å². The van der Waals surface area contributed by atoms with E-state index < -0.39 is 0 Å². The van der Waals surface area contributed by atoms with E-state index in [2.05, 4.69) is 13.8 Å².